The SMILES string of the molecule is Cc1cccc(C=NCc2cc(N3CCOCC3)cc(OCCNC(=O)Nc3ccccc3)n2)c1. The minimum absolute atomic E-state index is 0.277. The summed E-state index contributed by atoms with van der Waals surface area (Å²) in [5, 5.41) is 5.58. The second-order valence-electron chi connectivity index (χ2n) is 8.23. The molecule has 2 N–H and O–H groups in total. The van der Waals surface area contributed by atoms with Crippen molar-refractivity contribution in [3.8, 4) is 5.88 Å². The van der Waals surface area contributed by atoms with Gasteiger partial charge in [0.05, 0.1) is 32.0 Å². The van der Waals surface area contributed by atoms with Gasteiger partial charge in [0.2, 0.25) is 5.88 Å². The predicted molar refractivity (Wildman–Crippen MR) is 139 cm³/mol. The van der Waals surface area contributed by atoms with Crippen LogP contribution in [0.4, 0.5) is 16.2 Å². The summed E-state index contributed by atoms with van der Waals surface area (Å²) in [4.78, 5) is 23.6. The molecule has 1 aliphatic heterocycles. The molecule has 182 valence electrons. The number of rotatable bonds is 9. The minimum Gasteiger partial charge on any atom is -0.476 e. The number of para-hydroxylation sites is 1. The third-order valence-electron chi connectivity index (χ3n) is 5.42. The van der Waals surface area contributed by atoms with Crippen LogP contribution in [0.3, 0.4) is 0 Å². The zero-order chi connectivity index (χ0) is 24.3. The van der Waals surface area contributed by atoms with Crippen molar-refractivity contribution in [2.24, 2.45) is 4.99 Å². The van der Waals surface area contributed by atoms with Gasteiger partial charge in [0.15, 0.2) is 0 Å². The Morgan fingerprint density at radius 3 is 2.74 bits per heavy atom. The predicted octanol–water partition coefficient (Wildman–Crippen LogP) is 4.05. The van der Waals surface area contributed by atoms with Crippen LogP contribution in [0, 0.1) is 6.92 Å². The number of aryl methyl sites for hydroxylation is 1. The van der Waals surface area contributed by atoms with E-state index >= 15 is 0 Å². The summed E-state index contributed by atoms with van der Waals surface area (Å²) in [7, 11) is 0. The lowest BCUT2D eigenvalue weighted by Crippen LogP contribution is -2.36. The molecule has 35 heavy (non-hydrogen) atoms. The number of carbonyl (C=O) groups is 1. The molecular formula is C27H31N5O3. The van der Waals surface area contributed by atoms with Crippen molar-refractivity contribution in [1.82, 2.24) is 10.3 Å². The molecule has 2 aromatic carbocycles. The first-order valence-corrected chi connectivity index (χ1v) is 11.8. The summed E-state index contributed by atoms with van der Waals surface area (Å²) < 4.78 is 11.4. The van der Waals surface area contributed by atoms with Crippen molar-refractivity contribution in [1.29, 1.82) is 0 Å². The first-order chi connectivity index (χ1) is 17.2. The molecular weight excluding hydrogens is 442 g/mol. The van der Waals surface area contributed by atoms with E-state index in [4.69, 9.17) is 9.47 Å². The normalized spacial score (nSPS) is 13.6. The van der Waals surface area contributed by atoms with Crippen LogP contribution >= 0.6 is 0 Å². The van der Waals surface area contributed by atoms with Crippen LogP contribution in [0.25, 0.3) is 0 Å². The van der Waals surface area contributed by atoms with E-state index < -0.39 is 0 Å². The highest BCUT2D eigenvalue weighted by Gasteiger charge is 2.14. The number of morpholine rings is 1. The van der Waals surface area contributed by atoms with E-state index in [1.165, 1.54) is 5.56 Å². The molecule has 2 amide bonds. The standard InChI is InChI=1S/C27H31N5O3/c1-21-6-5-7-22(16-21)19-28-20-24-17-25(32-11-14-34-15-12-32)18-26(30-24)35-13-10-29-27(33)31-23-8-3-2-4-9-23/h2-9,16-19H,10-15,20H2,1H3,(H2,29,31,33). The molecule has 0 aliphatic carbocycles. The van der Waals surface area contributed by atoms with E-state index in [0.717, 1.165) is 35.7 Å². The molecule has 0 bridgehead atoms. The molecule has 1 aromatic heterocycles. The van der Waals surface area contributed by atoms with Crippen LogP contribution in [-0.2, 0) is 11.3 Å². The molecule has 1 aliphatic rings. The maximum Gasteiger partial charge on any atom is 0.319 e. The number of benzene rings is 2. The van der Waals surface area contributed by atoms with Crippen molar-refractivity contribution in [3.05, 3.63) is 83.6 Å². The fourth-order valence-corrected chi connectivity index (χ4v) is 3.72. The monoisotopic (exact) mass is 473 g/mol. The lowest BCUT2D eigenvalue weighted by molar-refractivity contribution is 0.122. The number of ether oxygens (including phenoxy) is 2. The van der Waals surface area contributed by atoms with Gasteiger partial charge in [0.25, 0.3) is 0 Å². The number of carbonyl (C=O) groups excluding carboxylic acids is 1. The Balaban J connectivity index is 1.36. The second kappa shape index (κ2) is 12.5. The highest BCUT2D eigenvalue weighted by Crippen LogP contribution is 2.23. The lowest BCUT2D eigenvalue weighted by atomic mass is 10.1. The zero-order valence-electron chi connectivity index (χ0n) is 19.9. The largest absolute Gasteiger partial charge is 0.476 e. The van der Waals surface area contributed by atoms with Crippen LogP contribution in [0.5, 0.6) is 5.88 Å². The van der Waals surface area contributed by atoms with E-state index in [-0.39, 0.29) is 6.03 Å². The Kier molecular flexibility index (Phi) is 8.67. The van der Waals surface area contributed by atoms with Crippen LogP contribution < -0.4 is 20.3 Å². The molecule has 0 saturated carbocycles. The Morgan fingerprint density at radius 1 is 1.11 bits per heavy atom. The quantitative estimate of drug-likeness (QED) is 0.362. The highest BCUT2D eigenvalue weighted by atomic mass is 16.5. The number of urea groups is 1. The van der Waals surface area contributed by atoms with Gasteiger partial charge in [-0.05, 0) is 30.7 Å². The first-order valence-electron chi connectivity index (χ1n) is 11.8. The number of aromatic nitrogens is 1. The summed E-state index contributed by atoms with van der Waals surface area (Å²) in [6.07, 6.45) is 1.87. The third-order valence-corrected chi connectivity index (χ3v) is 5.42. The Bertz CT molecular complexity index is 1130. The van der Waals surface area contributed by atoms with Gasteiger partial charge >= 0.3 is 6.03 Å². The fourth-order valence-electron chi connectivity index (χ4n) is 3.72. The molecule has 4 rings (SSSR count). The second-order valence-corrected chi connectivity index (χ2v) is 8.23. The highest BCUT2D eigenvalue weighted by molar-refractivity contribution is 5.89. The van der Waals surface area contributed by atoms with Gasteiger partial charge in [0, 0.05) is 36.7 Å². The number of hydrogen-bond donors (Lipinski definition) is 2. The Labute approximate surface area is 206 Å². The molecule has 8 heteroatoms. The summed E-state index contributed by atoms with van der Waals surface area (Å²) in [6.45, 7) is 6.18. The molecule has 2 heterocycles. The topological polar surface area (TPSA) is 88.1 Å². The van der Waals surface area contributed by atoms with Crippen LogP contribution in [0.15, 0.2) is 71.7 Å². The minimum atomic E-state index is -0.277. The van der Waals surface area contributed by atoms with Crippen LogP contribution in [-0.4, -0.2) is 56.7 Å². The number of nitrogens with zero attached hydrogens (tertiary/aromatic N) is 3. The molecule has 0 spiro atoms. The fraction of sp³-hybridized carbons (Fsp3) is 0.296. The maximum atomic E-state index is 12.1. The van der Waals surface area contributed by atoms with Crippen molar-refractivity contribution >= 4 is 23.6 Å². The van der Waals surface area contributed by atoms with Gasteiger partial charge in [-0.1, -0.05) is 48.0 Å². The van der Waals surface area contributed by atoms with Crippen molar-refractivity contribution in [2.45, 2.75) is 13.5 Å². The maximum absolute atomic E-state index is 12.1. The average molecular weight is 474 g/mol. The number of hydrogen-bond acceptors (Lipinski definition) is 6. The number of amides is 2. The first kappa shape index (κ1) is 24.2. The summed E-state index contributed by atoms with van der Waals surface area (Å²) in [5.41, 5.74) is 4.85. The Hall–Kier alpha value is -3.91. The van der Waals surface area contributed by atoms with E-state index in [9.17, 15) is 4.79 Å². The Morgan fingerprint density at radius 2 is 1.94 bits per heavy atom. The van der Waals surface area contributed by atoms with Gasteiger partial charge in [-0.2, -0.15) is 0 Å². The van der Waals surface area contributed by atoms with Crippen molar-refractivity contribution in [3.63, 3.8) is 0 Å². The molecule has 0 unspecified atom stereocenters. The number of nitrogens with one attached hydrogen (secondary N) is 2. The van der Waals surface area contributed by atoms with E-state index in [0.29, 0.717) is 38.8 Å². The zero-order valence-corrected chi connectivity index (χ0v) is 19.9. The van der Waals surface area contributed by atoms with E-state index in [1.54, 1.807) is 0 Å². The van der Waals surface area contributed by atoms with E-state index in [1.807, 2.05) is 54.7 Å². The average Bonchev–Trinajstić information content (AvgIpc) is 2.88. The molecule has 3 aromatic rings. The third kappa shape index (κ3) is 7.82. The summed E-state index contributed by atoms with van der Waals surface area (Å²) >= 11 is 0. The molecule has 0 radical (unpaired) electrons. The van der Waals surface area contributed by atoms with Crippen molar-refractivity contribution < 1.29 is 14.3 Å². The molecule has 1 saturated heterocycles. The van der Waals surface area contributed by atoms with Gasteiger partial charge < -0.3 is 25.0 Å². The van der Waals surface area contributed by atoms with Gasteiger partial charge in [-0.3, -0.25) is 4.99 Å². The smallest absolute Gasteiger partial charge is 0.319 e. The van der Waals surface area contributed by atoms with Gasteiger partial charge in [-0.15, -0.1) is 0 Å². The number of aliphatic imine (C=N–C) groups is 1. The lowest BCUT2D eigenvalue weighted by Gasteiger charge is -2.29. The molecule has 1 fully saturated rings. The van der Waals surface area contributed by atoms with E-state index in [2.05, 4.69) is 50.6 Å². The number of anilines is 2. The van der Waals surface area contributed by atoms with Crippen molar-refractivity contribution in [2.75, 3.05) is 49.7 Å². The summed E-state index contributed by atoms with van der Waals surface area (Å²) in [5.74, 6) is 0.514. The molecule has 0 atom stereocenters. The van der Waals surface area contributed by atoms with Gasteiger partial charge in [-0.25, -0.2) is 9.78 Å². The number of pyridine rings is 1. The van der Waals surface area contributed by atoms with Crippen LogP contribution in [0.1, 0.15) is 16.8 Å². The van der Waals surface area contributed by atoms with Gasteiger partial charge in [0.1, 0.15) is 6.61 Å². The summed E-state index contributed by atoms with van der Waals surface area (Å²) in [6, 6.07) is 21.2. The molecule has 8 nitrogen and oxygen atoms in total. The van der Waals surface area contributed by atoms with Crippen LogP contribution in [0.2, 0.25) is 0 Å².